The van der Waals surface area contributed by atoms with E-state index in [9.17, 15) is 9.90 Å². The third-order valence-corrected chi connectivity index (χ3v) is 4.25. The van der Waals surface area contributed by atoms with Crippen LogP contribution in [-0.4, -0.2) is 23.7 Å². The number of thiophene rings is 1. The van der Waals surface area contributed by atoms with Gasteiger partial charge in [-0.2, -0.15) is 0 Å². The first kappa shape index (κ1) is 12.6. The molecule has 1 aliphatic rings. The molecule has 0 radical (unpaired) electrons. The highest BCUT2D eigenvalue weighted by Crippen LogP contribution is 2.24. The largest absolute Gasteiger partial charge is 0.393 e. The minimum absolute atomic E-state index is 0.113. The molecule has 0 aromatic carbocycles. The maximum Gasteiger partial charge on any atom is 0.223 e. The molecule has 3 nitrogen and oxygen atoms in total. The molecule has 2 N–H and O–H groups in total. The van der Waals surface area contributed by atoms with Gasteiger partial charge in [0.2, 0.25) is 5.91 Å². The molecule has 0 aliphatic heterocycles. The molecule has 4 heteroatoms. The van der Waals surface area contributed by atoms with Crippen molar-refractivity contribution in [3.8, 4) is 0 Å². The van der Waals surface area contributed by atoms with Crippen molar-refractivity contribution in [1.82, 2.24) is 5.32 Å². The highest BCUT2D eigenvalue weighted by molar-refractivity contribution is 7.09. The molecule has 0 saturated heterocycles. The van der Waals surface area contributed by atoms with E-state index in [4.69, 9.17) is 0 Å². The minimum atomic E-state index is -0.190. The summed E-state index contributed by atoms with van der Waals surface area (Å²) in [4.78, 5) is 13.2. The fourth-order valence-electron chi connectivity index (χ4n) is 2.25. The van der Waals surface area contributed by atoms with E-state index in [0.29, 0.717) is 0 Å². The summed E-state index contributed by atoms with van der Waals surface area (Å²) in [7, 11) is 0. The molecule has 1 amide bonds. The van der Waals surface area contributed by atoms with Gasteiger partial charge in [0, 0.05) is 17.3 Å². The second-order valence-corrected chi connectivity index (χ2v) is 5.66. The van der Waals surface area contributed by atoms with Crippen LogP contribution < -0.4 is 5.32 Å². The predicted octanol–water partition coefficient (Wildman–Crippen LogP) is 1.96. The maximum atomic E-state index is 11.8. The van der Waals surface area contributed by atoms with Gasteiger partial charge in [0.25, 0.3) is 0 Å². The van der Waals surface area contributed by atoms with E-state index in [-0.39, 0.29) is 17.9 Å². The Kier molecular flexibility index (Phi) is 4.57. The van der Waals surface area contributed by atoms with Gasteiger partial charge in [0.05, 0.1) is 6.10 Å². The van der Waals surface area contributed by atoms with E-state index in [1.54, 1.807) is 11.3 Å². The Hall–Kier alpha value is -0.870. The first-order valence-corrected chi connectivity index (χ1v) is 7.12. The van der Waals surface area contributed by atoms with E-state index in [1.165, 1.54) is 4.88 Å². The smallest absolute Gasteiger partial charge is 0.223 e. The van der Waals surface area contributed by atoms with E-state index in [2.05, 4.69) is 16.8 Å². The number of hydrogen-bond acceptors (Lipinski definition) is 3. The topological polar surface area (TPSA) is 49.3 Å². The summed E-state index contributed by atoms with van der Waals surface area (Å²) in [6.07, 6.45) is 3.91. The summed E-state index contributed by atoms with van der Waals surface area (Å²) < 4.78 is 0. The fraction of sp³-hybridized carbons (Fsp3) is 0.615. The molecular formula is C13H19NO2S. The Morgan fingerprint density at radius 2 is 2.18 bits per heavy atom. The Morgan fingerprint density at radius 1 is 1.41 bits per heavy atom. The number of nitrogens with one attached hydrogen (secondary N) is 1. The highest BCUT2D eigenvalue weighted by Gasteiger charge is 2.24. The summed E-state index contributed by atoms with van der Waals surface area (Å²) in [5.74, 6) is 0.273. The van der Waals surface area contributed by atoms with Crippen LogP contribution in [0.15, 0.2) is 17.5 Å². The van der Waals surface area contributed by atoms with Gasteiger partial charge in [0.15, 0.2) is 0 Å². The summed E-state index contributed by atoms with van der Waals surface area (Å²) in [5.41, 5.74) is 0. The predicted molar refractivity (Wildman–Crippen MR) is 69.0 cm³/mol. The van der Waals surface area contributed by atoms with Gasteiger partial charge < -0.3 is 10.4 Å². The summed E-state index contributed by atoms with van der Waals surface area (Å²) in [6.45, 7) is 0.721. The number of hydrogen-bond donors (Lipinski definition) is 2. The Balaban J connectivity index is 1.67. The average molecular weight is 253 g/mol. The van der Waals surface area contributed by atoms with Crippen LogP contribution in [0.4, 0.5) is 0 Å². The van der Waals surface area contributed by atoms with Crippen LogP contribution >= 0.6 is 11.3 Å². The number of amides is 1. The van der Waals surface area contributed by atoms with Crippen molar-refractivity contribution < 1.29 is 9.90 Å². The van der Waals surface area contributed by atoms with Gasteiger partial charge in [-0.1, -0.05) is 6.07 Å². The number of carbonyl (C=O) groups excluding carboxylic acids is 1. The first-order valence-electron chi connectivity index (χ1n) is 6.24. The molecule has 17 heavy (non-hydrogen) atoms. The molecule has 1 aromatic rings. The van der Waals surface area contributed by atoms with Gasteiger partial charge in [0.1, 0.15) is 0 Å². The van der Waals surface area contributed by atoms with Crippen molar-refractivity contribution in [2.45, 2.75) is 38.2 Å². The standard InChI is InChI=1S/C13H19NO2S/c15-11-5-3-10(4-6-11)13(16)14-8-7-12-2-1-9-17-12/h1-2,9-11,15H,3-8H2,(H,14,16). The van der Waals surface area contributed by atoms with Gasteiger partial charge >= 0.3 is 0 Å². The van der Waals surface area contributed by atoms with Crippen molar-refractivity contribution in [2.75, 3.05) is 6.54 Å². The minimum Gasteiger partial charge on any atom is -0.393 e. The number of carbonyl (C=O) groups is 1. The molecule has 1 fully saturated rings. The second-order valence-electron chi connectivity index (χ2n) is 4.63. The Labute approximate surface area is 106 Å². The van der Waals surface area contributed by atoms with Crippen molar-refractivity contribution >= 4 is 17.2 Å². The van der Waals surface area contributed by atoms with E-state index in [0.717, 1.165) is 38.6 Å². The zero-order chi connectivity index (χ0) is 12.1. The lowest BCUT2D eigenvalue weighted by molar-refractivity contribution is -0.126. The van der Waals surface area contributed by atoms with Gasteiger partial charge in [-0.3, -0.25) is 4.79 Å². The highest BCUT2D eigenvalue weighted by atomic mass is 32.1. The molecule has 2 rings (SSSR count). The number of aliphatic hydroxyl groups excluding tert-OH is 1. The molecule has 94 valence electrons. The lowest BCUT2D eigenvalue weighted by Crippen LogP contribution is -2.35. The fourth-order valence-corrected chi connectivity index (χ4v) is 2.96. The summed E-state index contributed by atoms with van der Waals surface area (Å²) >= 11 is 1.73. The molecule has 0 spiro atoms. The summed E-state index contributed by atoms with van der Waals surface area (Å²) in [5, 5.41) is 14.4. The number of rotatable bonds is 4. The average Bonchev–Trinajstić information content (AvgIpc) is 2.83. The van der Waals surface area contributed by atoms with Crippen LogP contribution in [0.25, 0.3) is 0 Å². The van der Waals surface area contributed by atoms with Crippen LogP contribution in [0.2, 0.25) is 0 Å². The van der Waals surface area contributed by atoms with Crippen LogP contribution in [0, 0.1) is 5.92 Å². The third-order valence-electron chi connectivity index (χ3n) is 3.32. The lowest BCUT2D eigenvalue weighted by Gasteiger charge is -2.24. The monoisotopic (exact) mass is 253 g/mol. The normalized spacial score (nSPS) is 24.5. The zero-order valence-electron chi connectivity index (χ0n) is 9.89. The van der Waals surface area contributed by atoms with Crippen LogP contribution in [0.1, 0.15) is 30.6 Å². The van der Waals surface area contributed by atoms with Crippen molar-refractivity contribution in [3.63, 3.8) is 0 Å². The Morgan fingerprint density at radius 3 is 2.82 bits per heavy atom. The molecule has 1 saturated carbocycles. The molecular weight excluding hydrogens is 234 g/mol. The maximum absolute atomic E-state index is 11.8. The molecule has 0 unspecified atom stereocenters. The molecule has 0 atom stereocenters. The van der Waals surface area contributed by atoms with Crippen LogP contribution in [0.5, 0.6) is 0 Å². The molecule has 0 bridgehead atoms. The quantitative estimate of drug-likeness (QED) is 0.861. The Bertz CT molecular complexity index is 342. The summed E-state index contributed by atoms with van der Waals surface area (Å²) in [6, 6.07) is 4.12. The van der Waals surface area contributed by atoms with E-state index in [1.807, 2.05) is 6.07 Å². The molecule has 1 aromatic heterocycles. The number of aliphatic hydroxyl groups is 1. The molecule has 1 heterocycles. The molecule has 1 aliphatic carbocycles. The SMILES string of the molecule is O=C(NCCc1cccs1)C1CCC(O)CC1. The van der Waals surface area contributed by atoms with Crippen molar-refractivity contribution in [2.24, 2.45) is 5.92 Å². The van der Waals surface area contributed by atoms with Crippen LogP contribution in [-0.2, 0) is 11.2 Å². The first-order chi connectivity index (χ1) is 8.25. The lowest BCUT2D eigenvalue weighted by atomic mass is 9.87. The third kappa shape index (κ3) is 3.82. The zero-order valence-corrected chi connectivity index (χ0v) is 10.7. The van der Waals surface area contributed by atoms with Crippen LogP contribution in [0.3, 0.4) is 0 Å². The second kappa shape index (κ2) is 6.17. The van der Waals surface area contributed by atoms with Gasteiger partial charge in [-0.05, 0) is 43.6 Å². The van der Waals surface area contributed by atoms with Crippen molar-refractivity contribution in [3.05, 3.63) is 22.4 Å². The van der Waals surface area contributed by atoms with E-state index < -0.39 is 0 Å². The van der Waals surface area contributed by atoms with Gasteiger partial charge in [-0.25, -0.2) is 0 Å². The van der Waals surface area contributed by atoms with Gasteiger partial charge in [-0.15, -0.1) is 11.3 Å². The van der Waals surface area contributed by atoms with E-state index >= 15 is 0 Å². The van der Waals surface area contributed by atoms with Crippen molar-refractivity contribution in [1.29, 1.82) is 0 Å².